The van der Waals surface area contributed by atoms with Crippen molar-refractivity contribution in [2.24, 2.45) is 17.8 Å². The van der Waals surface area contributed by atoms with Crippen LogP contribution in [-0.2, 0) is 4.74 Å². The van der Waals surface area contributed by atoms with Gasteiger partial charge in [-0.25, -0.2) is 4.79 Å². The Morgan fingerprint density at radius 1 is 1.31 bits per heavy atom. The SMILES string of the molecule is C=C1COC2CCN(C(=O)N3C[C@@H]4[C@@H](COc5ccc(C)cc5Cl)[C@@H]4C3)CC2N1. The van der Waals surface area contributed by atoms with Crippen molar-refractivity contribution in [1.82, 2.24) is 15.1 Å². The van der Waals surface area contributed by atoms with Crippen LogP contribution in [0.5, 0.6) is 5.75 Å². The van der Waals surface area contributed by atoms with Gasteiger partial charge < -0.3 is 24.6 Å². The topological polar surface area (TPSA) is 54.0 Å². The molecule has 2 amide bonds. The molecule has 1 aromatic carbocycles. The van der Waals surface area contributed by atoms with Gasteiger partial charge in [-0.2, -0.15) is 0 Å². The van der Waals surface area contributed by atoms with Gasteiger partial charge in [0, 0.05) is 37.8 Å². The molecule has 4 fully saturated rings. The minimum Gasteiger partial charge on any atom is -0.492 e. The number of nitrogens with zero attached hydrogens (tertiary/aromatic N) is 2. The first-order chi connectivity index (χ1) is 14.0. The number of piperidine rings is 2. The van der Waals surface area contributed by atoms with Crippen molar-refractivity contribution in [2.45, 2.75) is 25.5 Å². The Morgan fingerprint density at radius 3 is 2.86 bits per heavy atom. The number of halogens is 1. The number of nitrogens with one attached hydrogen (secondary N) is 1. The Bertz CT molecular complexity index is 820. The summed E-state index contributed by atoms with van der Waals surface area (Å²) >= 11 is 6.26. The summed E-state index contributed by atoms with van der Waals surface area (Å²) in [5, 5.41) is 4.07. The lowest BCUT2D eigenvalue weighted by Gasteiger charge is -2.43. The molecule has 5 rings (SSSR count). The second kappa shape index (κ2) is 7.40. The standard InChI is InChI=1S/C22H28ClN3O3/c1-13-3-4-20(18(23)7-13)29-12-17-15-8-26(9-16(15)17)22(27)25-6-5-21-19(10-25)24-14(2)11-28-21/h3-4,7,15-17,19,21,24H,2,5-6,8-12H2,1H3/t15-,16+,17+,19?,21?. The zero-order chi connectivity index (χ0) is 20.1. The smallest absolute Gasteiger partial charge is 0.320 e. The second-order valence-corrected chi connectivity index (χ2v) is 9.27. The van der Waals surface area contributed by atoms with Crippen molar-refractivity contribution in [3.63, 3.8) is 0 Å². The molecule has 0 spiro atoms. The molecule has 5 atom stereocenters. The molecule has 3 heterocycles. The van der Waals surface area contributed by atoms with Gasteiger partial charge in [-0.15, -0.1) is 0 Å². The fraction of sp³-hybridized carbons (Fsp3) is 0.591. The first-order valence-electron chi connectivity index (χ1n) is 10.5. The molecular weight excluding hydrogens is 390 g/mol. The first-order valence-corrected chi connectivity index (χ1v) is 10.9. The number of likely N-dealkylation sites (tertiary alicyclic amines) is 2. The normalized spacial score (nSPS) is 33.0. The first kappa shape index (κ1) is 19.1. The average Bonchev–Trinajstić information content (AvgIpc) is 3.15. The molecular formula is C22H28ClN3O3. The number of hydrogen-bond donors (Lipinski definition) is 1. The number of hydrogen-bond acceptors (Lipinski definition) is 4. The molecule has 156 valence electrons. The van der Waals surface area contributed by atoms with E-state index in [2.05, 4.69) is 11.9 Å². The Balaban J connectivity index is 1.11. The Hall–Kier alpha value is -1.92. The number of morpholine rings is 1. The van der Waals surface area contributed by atoms with Crippen LogP contribution in [0.2, 0.25) is 5.02 Å². The molecule has 29 heavy (non-hydrogen) atoms. The molecule has 1 aliphatic carbocycles. The van der Waals surface area contributed by atoms with E-state index in [0.29, 0.717) is 42.5 Å². The molecule has 0 radical (unpaired) electrons. The van der Waals surface area contributed by atoms with E-state index in [9.17, 15) is 4.79 Å². The number of urea groups is 1. The monoisotopic (exact) mass is 417 g/mol. The fourth-order valence-corrected chi connectivity index (χ4v) is 5.41. The van der Waals surface area contributed by atoms with Crippen LogP contribution in [-0.4, -0.2) is 67.4 Å². The van der Waals surface area contributed by atoms with Crippen LogP contribution in [0.1, 0.15) is 12.0 Å². The van der Waals surface area contributed by atoms with Crippen LogP contribution in [0.3, 0.4) is 0 Å². The zero-order valence-electron chi connectivity index (χ0n) is 16.8. The summed E-state index contributed by atoms with van der Waals surface area (Å²) in [7, 11) is 0. The fourth-order valence-electron chi connectivity index (χ4n) is 5.12. The quantitative estimate of drug-likeness (QED) is 0.821. The number of fused-ring (bicyclic) bond motifs is 2. The van der Waals surface area contributed by atoms with Crippen LogP contribution in [0, 0.1) is 24.7 Å². The van der Waals surface area contributed by atoms with Crippen LogP contribution in [0.15, 0.2) is 30.5 Å². The Morgan fingerprint density at radius 2 is 2.10 bits per heavy atom. The van der Waals surface area contributed by atoms with Crippen LogP contribution < -0.4 is 10.1 Å². The summed E-state index contributed by atoms with van der Waals surface area (Å²) in [4.78, 5) is 17.0. The van der Waals surface area contributed by atoms with Gasteiger partial charge >= 0.3 is 6.03 Å². The molecule has 0 bridgehead atoms. The molecule has 1 N–H and O–H groups in total. The van der Waals surface area contributed by atoms with Crippen LogP contribution >= 0.6 is 11.6 Å². The van der Waals surface area contributed by atoms with Crippen molar-refractivity contribution in [1.29, 1.82) is 0 Å². The summed E-state index contributed by atoms with van der Waals surface area (Å²) in [5.41, 5.74) is 2.03. The van der Waals surface area contributed by atoms with E-state index in [1.807, 2.05) is 34.9 Å². The lowest BCUT2D eigenvalue weighted by Crippen LogP contribution is -2.60. The maximum absolute atomic E-state index is 13.0. The van der Waals surface area contributed by atoms with E-state index in [0.717, 1.165) is 43.1 Å². The van der Waals surface area contributed by atoms with Crippen molar-refractivity contribution in [3.8, 4) is 5.75 Å². The third-order valence-electron chi connectivity index (χ3n) is 6.84. The minimum absolute atomic E-state index is 0.159. The molecule has 3 saturated heterocycles. The van der Waals surface area contributed by atoms with E-state index in [1.54, 1.807) is 0 Å². The van der Waals surface area contributed by atoms with Gasteiger partial charge in [0.25, 0.3) is 0 Å². The summed E-state index contributed by atoms with van der Waals surface area (Å²) < 4.78 is 11.8. The number of amides is 2. The molecule has 3 aliphatic heterocycles. The molecule has 7 heteroatoms. The molecule has 0 aromatic heterocycles. The highest BCUT2D eigenvalue weighted by molar-refractivity contribution is 6.32. The number of benzene rings is 1. The second-order valence-electron chi connectivity index (χ2n) is 8.86. The third-order valence-corrected chi connectivity index (χ3v) is 7.14. The van der Waals surface area contributed by atoms with Crippen LogP contribution in [0.4, 0.5) is 4.79 Å². The Kier molecular flexibility index (Phi) is 4.87. The van der Waals surface area contributed by atoms with Crippen molar-refractivity contribution >= 4 is 17.6 Å². The van der Waals surface area contributed by atoms with Crippen molar-refractivity contribution in [2.75, 3.05) is 39.4 Å². The van der Waals surface area contributed by atoms with Crippen molar-refractivity contribution < 1.29 is 14.3 Å². The molecule has 2 unspecified atom stereocenters. The van der Waals surface area contributed by atoms with E-state index < -0.39 is 0 Å². The van der Waals surface area contributed by atoms with Gasteiger partial charge in [0.2, 0.25) is 0 Å². The number of rotatable bonds is 3. The maximum Gasteiger partial charge on any atom is 0.320 e. The predicted octanol–water partition coefficient (Wildman–Crippen LogP) is 2.90. The van der Waals surface area contributed by atoms with Gasteiger partial charge in [-0.3, -0.25) is 0 Å². The van der Waals surface area contributed by atoms with E-state index in [4.69, 9.17) is 21.1 Å². The predicted molar refractivity (Wildman–Crippen MR) is 111 cm³/mol. The number of aryl methyl sites for hydroxylation is 1. The molecule has 1 aromatic rings. The van der Waals surface area contributed by atoms with Gasteiger partial charge in [0.05, 0.1) is 30.4 Å². The van der Waals surface area contributed by atoms with Gasteiger partial charge in [0.15, 0.2) is 0 Å². The largest absolute Gasteiger partial charge is 0.492 e. The minimum atomic E-state index is 0.159. The van der Waals surface area contributed by atoms with Gasteiger partial charge in [-0.1, -0.05) is 24.2 Å². The summed E-state index contributed by atoms with van der Waals surface area (Å²) in [6, 6.07) is 6.20. The van der Waals surface area contributed by atoms with Gasteiger partial charge in [-0.05, 0) is 42.9 Å². The van der Waals surface area contributed by atoms with Crippen molar-refractivity contribution in [3.05, 3.63) is 41.1 Å². The lowest BCUT2D eigenvalue weighted by molar-refractivity contribution is -0.0222. The maximum atomic E-state index is 13.0. The van der Waals surface area contributed by atoms with E-state index in [-0.39, 0.29) is 18.2 Å². The number of ether oxygens (including phenoxy) is 2. The Labute approximate surface area is 176 Å². The summed E-state index contributed by atoms with van der Waals surface area (Å²) in [6.07, 6.45) is 1.07. The zero-order valence-corrected chi connectivity index (χ0v) is 17.5. The summed E-state index contributed by atoms with van der Waals surface area (Å²) in [6.45, 7) is 10.3. The molecule has 6 nitrogen and oxygen atoms in total. The molecule has 1 saturated carbocycles. The van der Waals surface area contributed by atoms with E-state index >= 15 is 0 Å². The third kappa shape index (κ3) is 3.68. The number of carbonyl (C=O) groups is 1. The average molecular weight is 418 g/mol. The number of carbonyl (C=O) groups excluding carboxylic acids is 1. The van der Waals surface area contributed by atoms with Gasteiger partial charge in [0.1, 0.15) is 5.75 Å². The molecule has 4 aliphatic rings. The highest BCUT2D eigenvalue weighted by Crippen LogP contribution is 2.52. The highest BCUT2D eigenvalue weighted by atomic mass is 35.5. The highest BCUT2D eigenvalue weighted by Gasteiger charge is 2.57. The van der Waals surface area contributed by atoms with Crippen LogP contribution in [0.25, 0.3) is 0 Å². The lowest BCUT2D eigenvalue weighted by atomic mass is 10.0. The summed E-state index contributed by atoms with van der Waals surface area (Å²) in [5.74, 6) is 2.38. The van der Waals surface area contributed by atoms with E-state index in [1.165, 1.54) is 0 Å².